The summed E-state index contributed by atoms with van der Waals surface area (Å²) in [4.78, 5) is 41.1. The van der Waals surface area contributed by atoms with Crippen LogP contribution in [0.2, 0.25) is 0 Å². The predicted octanol–water partition coefficient (Wildman–Crippen LogP) is -2.92. The molecule has 1 rings (SSSR count). The molecule has 0 saturated carbocycles. The first-order valence-corrected chi connectivity index (χ1v) is 13.8. The molecule has 0 spiro atoms. The van der Waals surface area contributed by atoms with E-state index in [2.05, 4.69) is 0 Å². The number of carboxylic acids is 3. The second kappa shape index (κ2) is 16.1. The van der Waals surface area contributed by atoms with Gasteiger partial charge in [-0.25, -0.2) is 8.42 Å². The SMILES string of the molecule is COCCN(C1CN(CC(C)O)CCN(CC(=O)O)CCN(CC(=O)O)CCN1CC(=O)O)S(C)(=O)=O. The molecule has 1 heterocycles. The van der Waals surface area contributed by atoms with Crippen LogP contribution in [-0.2, 0) is 29.1 Å². The number of β-amino-alcohol motifs (C(OH)–C–C–N with tert-alkyl or cyclic N) is 1. The van der Waals surface area contributed by atoms with E-state index in [4.69, 9.17) is 4.74 Å². The molecule has 0 amide bonds. The van der Waals surface area contributed by atoms with Crippen molar-refractivity contribution >= 4 is 27.9 Å². The number of carbonyl (C=O) groups is 3. The van der Waals surface area contributed by atoms with Crippen LogP contribution in [0.4, 0.5) is 0 Å². The Labute approximate surface area is 217 Å². The lowest BCUT2D eigenvalue weighted by Gasteiger charge is -2.42. The Morgan fingerprint density at radius 3 is 1.76 bits per heavy atom. The van der Waals surface area contributed by atoms with Crippen LogP contribution in [0.1, 0.15) is 6.92 Å². The third-order valence-electron chi connectivity index (χ3n) is 5.86. The van der Waals surface area contributed by atoms with Gasteiger partial charge in [0.15, 0.2) is 0 Å². The van der Waals surface area contributed by atoms with Gasteiger partial charge in [0.05, 0.1) is 44.8 Å². The maximum Gasteiger partial charge on any atom is 0.317 e. The molecule has 4 N–H and O–H groups in total. The van der Waals surface area contributed by atoms with Gasteiger partial charge < -0.3 is 25.2 Å². The third-order valence-corrected chi connectivity index (χ3v) is 7.14. The molecule has 1 fully saturated rings. The Morgan fingerprint density at radius 2 is 1.35 bits per heavy atom. The maximum absolute atomic E-state index is 12.8. The zero-order valence-electron chi connectivity index (χ0n) is 21.7. The standard InChI is InChI=1S/C21H41N5O10S/c1-17(27)12-24-7-6-22(14-19(28)29)4-5-23(15-20(30)31)8-9-25(16-21(32)33)18(13-24)26(10-11-36-2)37(3,34)35/h17-18,27H,4-16H2,1-3H3,(H,28,29)(H,30,31)(H,32,33). The fourth-order valence-corrected chi connectivity index (χ4v) is 5.28. The smallest absolute Gasteiger partial charge is 0.317 e. The second-order valence-electron chi connectivity index (χ2n) is 9.16. The normalized spacial score (nSPS) is 21.3. The quantitative estimate of drug-likeness (QED) is 0.181. The summed E-state index contributed by atoms with van der Waals surface area (Å²) in [6.07, 6.45) is -0.743. The van der Waals surface area contributed by atoms with Crippen LogP contribution in [-0.4, -0.2) is 181 Å². The molecule has 0 aromatic rings. The van der Waals surface area contributed by atoms with Crippen molar-refractivity contribution in [1.29, 1.82) is 0 Å². The van der Waals surface area contributed by atoms with E-state index < -0.39 is 46.7 Å². The molecule has 0 aliphatic carbocycles. The molecule has 216 valence electrons. The molecule has 2 unspecified atom stereocenters. The number of aliphatic carboxylic acids is 3. The summed E-state index contributed by atoms with van der Waals surface area (Å²) in [5, 5.41) is 38.4. The van der Waals surface area contributed by atoms with Gasteiger partial charge in [-0.1, -0.05) is 0 Å². The van der Waals surface area contributed by atoms with Gasteiger partial charge in [0.2, 0.25) is 10.0 Å². The summed E-state index contributed by atoms with van der Waals surface area (Å²) in [5.74, 6) is -3.33. The maximum atomic E-state index is 12.8. The number of hydrogen-bond donors (Lipinski definition) is 4. The minimum Gasteiger partial charge on any atom is -0.480 e. The number of hydrogen-bond acceptors (Lipinski definition) is 11. The number of aliphatic hydroxyl groups excluding tert-OH is 1. The van der Waals surface area contributed by atoms with E-state index in [0.717, 1.165) is 10.6 Å². The molecule has 37 heavy (non-hydrogen) atoms. The van der Waals surface area contributed by atoms with E-state index in [1.807, 2.05) is 0 Å². The van der Waals surface area contributed by atoms with E-state index in [-0.39, 0.29) is 78.6 Å². The van der Waals surface area contributed by atoms with Crippen molar-refractivity contribution in [2.45, 2.75) is 19.2 Å². The molecule has 15 nitrogen and oxygen atoms in total. The van der Waals surface area contributed by atoms with E-state index >= 15 is 0 Å². The minimum atomic E-state index is -3.85. The number of sulfonamides is 1. The Morgan fingerprint density at radius 1 is 0.892 bits per heavy atom. The Kier molecular flexibility index (Phi) is 14.4. The van der Waals surface area contributed by atoms with Gasteiger partial charge in [0, 0.05) is 66.0 Å². The summed E-state index contributed by atoms with van der Waals surface area (Å²) < 4.78 is 31.9. The molecule has 1 aliphatic heterocycles. The summed E-state index contributed by atoms with van der Waals surface area (Å²) in [5.41, 5.74) is 0. The van der Waals surface area contributed by atoms with E-state index in [1.165, 1.54) is 12.0 Å². The van der Waals surface area contributed by atoms with Crippen molar-refractivity contribution in [2.75, 3.05) is 98.5 Å². The van der Waals surface area contributed by atoms with Crippen LogP contribution in [0.25, 0.3) is 0 Å². The molecule has 0 radical (unpaired) electrons. The highest BCUT2D eigenvalue weighted by atomic mass is 32.2. The van der Waals surface area contributed by atoms with Crippen LogP contribution in [0, 0.1) is 0 Å². The monoisotopic (exact) mass is 555 g/mol. The highest BCUT2D eigenvalue weighted by molar-refractivity contribution is 7.88. The van der Waals surface area contributed by atoms with Crippen molar-refractivity contribution < 1.29 is 48.0 Å². The summed E-state index contributed by atoms with van der Waals surface area (Å²) >= 11 is 0. The molecule has 1 aliphatic rings. The van der Waals surface area contributed by atoms with Gasteiger partial charge in [0.25, 0.3) is 0 Å². The lowest BCUT2D eigenvalue weighted by molar-refractivity contribution is -0.141. The molecule has 0 bridgehead atoms. The van der Waals surface area contributed by atoms with Crippen LogP contribution >= 0.6 is 0 Å². The summed E-state index contributed by atoms with van der Waals surface area (Å²) in [7, 11) is -2.43. The van der Waals surface area contributed by atoms with Gasteiger partial charge in [-0.05, 0) is 6.92 Å². The number of ether oxygens (including phenoxy) is 1. The molecule has 16 heteroatoms. The largest absolute Gasteiger partial charge is 0.480 e. The number of carboxylic acid groups (broad SMARTS) is 3. The average molecular weight is 556 g/mol. The van der Waals surface area contributed by atoms with E-state index in [1.54, 1.807) is 21.6 Å². The number of rotatable bonds is 13. The second-order valence-corrected chi connectivity index (χ2v) is 11.1. The van der Waals surface area contributed by atoms with Gasteiger partial charge in [0.1, 0.15) is 0 Å². The first-order valence-electron chi connectivity index (χ1n) is 11.9. The van der Waals surface area contributed by atoms with Crippen LogP contribution in [0.3, 0.4) is 0 Å². The third kappa shape index (κ3) is 13.4. The molecular formula is C21H41N5O10S. The van der Waals surface area contributed by atoms with Crippen molar-refractivity contribution in [3.63, 3.8) is 0 Å². The van der Waals surface area contributed by atoms with Crippen molar-refractivity contribution in [2.24, 2.45) is 0 Å². The first kappa shape index (κ1) is 33.1. The number of aliphatic hydroxyl groups is 1. The van der Waals surface area contributed by atoms with Crippen molar-refractivity contribution in [1.82, 2.24) is 23.9 Å². The average Bonchev–Trinajstić information content (AvgIpc) is 2.74. The van der Waals surface area contributed by atoms with Crippen molar-refractivity contribution in [3.8, 4) is 0 Å². The Balaban J connectivity index is 3.51. The van der Waals surface area contributed by atoms with Crippen molar-refractivity contribution in [3.05, 3.63) is 0 Å². The lowest BCUT2D eigenvalue weighted by atomic mass is 10.2. The topological polar surface area (TPSA) is 192 Å². The van der Waals surface area contributed by atoms with Gasteiger partial charge in [-0.3, -0.25) is 34.0 Å². The molecule has 0 aromatic carbocycles. The molecule has 0 aromatic heterocycles. The highest BCUT2D eigenvalue weighted by Gasteiger charge is 2.35. The molecular weight excluding hydrogens is 514 g/mol. The molecule has 2 atom stereocenters. The zero-order valence-corrected chi connectivity index (χ0v) is 22.5. The zero-order chi connectivity index (χ0) is 28.2. The number of nitrogens with zero attached hydrogens (tertiary/aromatic N) is 5. The Bertz CT molecular complexity index is 844. The fraction of sp³-hybridized carbons (Fsp3) is 0.857. The van der Waals surface area contributed by atoms with E-state index in [9.17, 15) is 43.2 Å². The van der Waals surface area contributed by atoms with Gasteiger partial charge in [-0.15, -0.1) is 0 Å². The van der Waals surface area contributed by atoms with Gasteiger partial charge >= 0.3 is 17.9 Å². The molecule has 1 saturated heterocycles. The highest BCUT2D eigenvalue weighted by Crippen LogP contribution is 2.15. The van der Waals surface area contributed by atoms with Crippen LogP contribution < -0.4 is 0 Å². The van der Waals surface area contributed by atoms with Gasteiger partial charge in [-0.2, -0.15) is 4.31 Å². The first-order chi connectivity index (χ1) is 17.2. The summed E-state index contributed by atoms with van der Waals surface area (Å²) in [6.45, 7) is 1.73. The Hall–Kier alpha value is -1.92. The van der Waals surface area contributed by atoms with Crippen LogP contribution in [0.5, 0.6) is 0 Å². The van der Waals surface area contributed by atoms with E-state index in [0.29, 0.717) is 0 Å². The minimum absolute atomic E-state index is 0.0226. The fourth-order valence-electron chi connectivity index (χ4n) is 4.23. The summed E-state index contributed by atoms with van der Waals surface area (Å²) in [6, 6.07) is 0. The number of methoxy groups -OCH3 is 1. The van der Waals surface area contributed by atoms with Crippen LogP contribution in [0.15, 0.2) is 0 Å². The lowest BCUT2D eigenvalue weighted by Crippen LogP contribution is -2.60. The predicted molar refractivity (Wildman–Crippen MR) is 133 cm³/mol.